The third kappa shape index (κ3) is 8.52. The fourth-order valence-corrected chi connectivity index (χ4v) is 3.78. The van der Waals surface area contributed by atoms with E-state index >= 15 is 0 Å². The number of ether oxygens (including phenoxy) is 2. The molecular formula is C28H39N3O5. The monoisotopic (exact) mass is 497 g/mol. The minimum atomic E-state index is -0.812. The van der Waals surface area contributed by atoms with Crippen LogP contribution in [0.4, 0.5) is 9.59 Å². The second-order valence-corrected chi connectivity index (χ2v) is 11.1. The molecule has 3 rings (SSSR count). The van der Waals surface area contributed by atoms with Gasteiger partial charge in [-0.05, 0) is 65.9 Å². The van der Waals surface area contributed by atoms with Crippen molar-refractivity contribution in [2.45, 2.75) is 91.6 Å². The Labute approximate surface area is 214 Å². The van der Waals surface area contributed by atoms with Gasteiger partial charge in [0.05, 0.1) is 5.69 Å². The Morgan fingerprint density at radius 3 is 2.25 bits per heavy atom. The molecule has 0 saturated heterocycles. The molecular weight excluding hydrogens is 458 g/mol. The fourth-order valence-electron chi connectivity index (χ4n) is 3.78. The number of oxazole rings is 1. The SMILES string of the molecule is CC/C(=C\c1ccccc1)[C@@H]1C[C@H]1NCc1coc(CN(C(=O)OC(C)(C)C)C(=O)OC(C)(C)C)n1. The number of rotatable bonds is 8. The molecule has 1 aliphatic carbocycles. The van der Waals surface area contributed by atoms with Crippen LogP contribution in [0.15, 0.2) is 46.6 Å². The summed E-state index contributed by atoms with van der Waals surface area (Å²) in [6.07, 6.45) is 4.30. The van der Waals surface area contributed by atoms with E-state index in [1.54, 1.807) is 47.8 Å². The molecule has 1 aliphatic rings. The first-order valence-corrected chi connectivity index (χ1v) is 12.5. The van der Waals surface area contributed by atoms with Gasteiger partial charge in [0.2, 0.25) is 5.89 Å². The van der Waals surface area contributed by atoms with Crippen molar-refractivity contribution in [3.8, 4) is 0 Å². The molecule has 1 saturated carbocycles. The Morgan fingerprint density at radius 2 is 1.69 bits per heavy atom. The average Bonchev–Trinajstić information content (AvgIpc) is 3.40. The van der Waals surface area contributed by atoms with Gasteiger partial charge in [-0.25, -0.2) is 19.5 Å². The number of imide groups is 1. The summed E-state index contributed by atoms with van der Waals surface area (Å²) in [5.41, 5.74) is 1.83. The largest absolute Gasteiger partial charge is 0.447 e. The molecule has 196 valence electrons. The Kier molecular flexibility index (Phi) is 8.61. The first-order chi connectivity index (χ1) is 16.8. The van der Waals surface area contributed by atoms with E-state index in [4.69, 9.17) is 13.9 Å². The molecule has 2 aromatic rings. The van der Waals surface area contributed by atoms with Gasteiger partial charge in [-0.15, -0.1) is 0 Å². The zero-order chi connectivity index (χ0) is 26.5. The number of nitrogens with zero attached hydrogens (tertiary/aromatic N) is 2. The van der Waals surface area contributed by atoms with Crippen LogP contribution < -0.4 is 5.32 Å². The Balaban J connectivity index is 1.59. The molecule has 1 N–H and O–H groups in total. The van der Waals surface area contributed by atoms with Gasteiger partial charge in [0, 0.05) is 12.6 Å². The quantitative estimate of drug-likeness (QED) is 0.456. The first kappa shape index (κ1) is 27.5. The van der Waals surface area contributed by atoms with E-state index in [-0.39, 0.29) is 12.4 Å². The van der Waals surface area contributed by atoms with Crippen molar-refractivity contribution >= 4 is 18.3 Å². The van der Waals surface area contributed by atoms with Crippen LogP contribution in [0.1, 0.15) is 78.5 Å². The Morgan fingerprint density at radius 1 is 1.08 bits per heavy atom. The lowest BCUT2D eigenvalue weighted by atomic mass is 10.0. The Bertz CT molecular complexity index is 1030. The highest BCUT2D eigenvalue weighted by atomic mass is 16.6. The highest BCUT2D eigenvalue weighted by molar-refractivity contribution is 5.88. The van der Waals surface area contributed by atoms with Gasteiger partial charge >= 0.3 is 12.2 Å². The number of benzene rings is 1. The maximum atomic E-state index is 12.7. The van der Waals surface area contributed by atoms with Gasteiger partial charge < -0.3 is 19.2 Å². The maximum absolute atomic E-state index is 12.7. The molecule has 2 amide bonds. The average molecular weight is 498 g/mol. The van der Waals surface area contributed by atoms with Crippen LogP contribution in [0.25, 0.3) is 6.08 Å². The third-order valence-electron chi connectivity index (χ3n) is 5.49. The van der Waals surface area contributed by atoms with Crippen molar-refractivity contribution in [2.75, 3.05) is 0 Å². The minimum absolute atomic E-state index is 0.185. The van der Waals surface area contributed by atoms with Crippen molar-refractivity contribution in [2.24, 2.45) is 5.92 Å². The van der Waals surface area contributed by atoms with Crippen LogP contribution in [0.3, 0.4) is 0 Å². The number of hydrogen-bond donors (Lipinski definition) is 1. The van der Waals surface area contributed by atoms with Crippen molar-refractivity contribution in [1.29, 1.82) is 0 Å². The smallest absolute Gasteiger partial charge is 0.420 e. The standard InChI is InChI=1S/C28H39N3O5/c1-8-20(14-19-12-10-9-11-13-19)22-15-23(22)29-16-21-18-34-24(30-21)17-31(25(32)35-27(2,3)4)26(33)36-28(5,6)7/h9-14,18,22-23,29H,8,15-17H2,1-7H3/b20-14+/t22-,23+/m0/s1. The zero-order valence-corrected chi connectivity index (χ0v) is 22.5. The molecule has 1 fully saturated rings. The van der Waals surface area contributed by atoms with Crippen molar-refractivity contribution < 1.29 is 23.5 Å². The molecule has 1 aromatic heterocycles. The lowest BCUT2D eigenvalue weighted by Crippen LogP contribution is -2.43. The molecule has 1 heterocycles. The lowest BCUT2D eigenvalue weighted by Gasteiger charge is -2.27. The van der Waals surface area contributed by atoms with Gasteiger partial charge in [0.15, 0.2) is 0 Å². The highest BCUT2D eigenvalue weighted by Gasteiger charge is 2.39. The second-order valence-electron chi connectivity index (χ2n) is 11.1. The molecule has 8 heteroatoms. The summed E-state index contributed by atoms with van der Waals surface area (Å²) in [6.45, 7) is 12.9. The first-order valence-electron chi connectivity index (χ1n) is 12.5. The summed E-state index contributed by atoms with van der Waals surface area (Å²) in [5, 5.41) is 3.54. The van der Waals surface area contributed by atoms with Gasteiger partial charge in [-0.1, -0.05) is 48.9 Å². The number of aromatic nitrogens is 1. The summed E-state index contributed by atoms with van der Waals surface area (Å²) in [4.78, 5) is 30.7. The number of carbonyl (C=O) groups is 2. The zero-order valence-electron chi connectivity index (χ0n) is 22.5. The second kappa shape index (κ2) is 11.3. The molecule has 0 spiro atoms. The number of hydrogen-bond acceptors (Lipinski definition) is 7. The van der Waals surface area contributed by atoms with E-state index in [0.29, 0.717) is 24.2 Å². The van der Waals surface area contributed by atoms with Crippen molar-refractivity contribution in [3.05, 3.63) is 59.3 Å². The summed E-state index contributed by atoms with van der Waals surface area (Å²) >= 11 is 0. The van der Waals surface area contributed by atoms with Crippen LogP contribution in [-0.2, 0) is 22.6 Å². The number of nitrogens with one attached hydrogen (secondary N) is 1. The lowest BCUT2D eigenvalue weighted by molar-refractivity contribution is -0.00176. The van der Waals surface area contributed by atoms with Gasteiger partial charge in [0.1, 0.15) is 24.0 Å². The summed E-state index contributed by atoms with van der Waals surface area (Å²) < 4.78 is 16.3. The van der Waals surface area contributed by atoms with E-state index in [0.717, 1.165) is 17.7 Å². The third-order valence-corrected chi connectivity index (χ3v) is 5.49. The molecule has 8 nitrogen and oxygen atoms in total. The Hall–Kier alpha value is -3.13. The van der Waals surface area contributed by atoms with E-state index in [2.05, 4.69) is 47.6 Å². The highest BCUT2D eigenvalue weighted by Crippen LogP contribution is 2.39. The normalized spacial score (nSPS) is 18.0. The predicted octanol–water partition coefficient (Wildman–Crippen LogP) is 6.32. The van der Waals surface area contributed by atoms with Crippen LogP contribution in [0, 0.1) is 5.92 Å². The fraction of sp³-hybridized carbons (Fsp3) is 0.536. The molecule has 0 radical (unpaired) electrons. The molecule has 0 bridgehead atoms. The van der Waals surface area contributed by atoms with E-state index in [9.17, 15) is 9.59 Å². The van der Waals surface area contributed by atoms with Crippen molar-refractivity contribution in [1.82, 2.24) is 15.2 Å². The predicted molar refractivity (Wildman–Crippen MR) is 138 cm³/mol. The summed E-state index contributed by atoms with van der Waals surface area (Å²) in [7, 11) is 0. The molecule has 1 aromatic carbocycles. The van der Waals surface area contributed by atoms with E-state index in [1.807, 2.05) is 6.07 Å². The maximum Gasteiger partial charge on any atom is 0.420 e. The van der Waals surface area contributed by atoms with Crippen LogP contribution in [0.2, 0.25) is 0 Å². The van der Waals surface area contributed by atoms with E-state index < -0.39 is 23.4 Å². The summed E-state index contributed by atoms with van der Waals surface area (Å²) in [6, 6.07) is 10.8. The van der Waals surface area contributed by atoms with Gasteiger partial charge in [0.25, 0.3) is 0 Å². The molecule has 36 heavy (non-hydrogen) atoms. The topological polar surface area (TPSA) is 93.9 Å². The van der Waals surface area contributed by atoms with Crippen LogP contribution in [-0.4, -0.2) is 39.3 Å². The van der Waals surface area contributed by atoms with Crippen LogP contribution >= 0.6 is 0 Å². The molecule has 2 atom stereocenters. The van der Waals surface area contributed by atoms with Gasteiger partial charge in [-0.2, -0.15) is 0 Å². The summed E-state index contributed by atoms with van der Waals surface area (Å²) in [5.74, 6) is 0.741. The minimum Gasteiger partial charge on any atom is -0.447 e. The molecule has 0 unspecified atom stereocenters. The van der Waals surface area contributed by atoms with Crippen molar-refractivity contribution in [3.63, 3.8) is 0 Å². The van der Waals surface area contributed by atoms with E-state index in [1.165, 1.54) is 11.1 Å². The number of carbonyl (C=O) groups excluding carboxylic acids is 2. The number of amides is 2. The molecule has 0 aliphatic heterocycles. The van der Waals surface area contributed by atoms with Crippen LogP contribution in [0.5, 0.6) is 0 Å². The van der Waals surface area contributed by atoms with Gasteiger partial charge in [-0.3, -0.25) is 0 Å².